The quantitative estimate of drug-likeness (QED) is 0.602. The summed E-state index contributed by atoms with van der Waals surface area (Å²) >= 11 is 3.77. The molecule has 1 nitrogen and oxygen atoms in total. The lowest BCUT2D eigenvalue weighted by atomic mass is 10.1. The Hall–Kier alpha value is -1.16. The molecule has 3 rings (SSSR count). The molecule has 2 aromatic heterocycles. The van der Waals surface area contributed by atoms with Crippen LogP contribution in [-0.4, -0.2) is 0 Å². The Morgan fingerprint density at radius 2 is 1.95 bits per heavy atom. The fourth-order valence-corrected chi connectivity index (χ4v) is 4.97. The van der Waals surface area contributed by atoms with E-state index in [1.807, 2.05) is 22.7 Å². The van der Waals surface area contributed by atoms with Gasteiger partial charge in [0.1, 0.15) is 0 Å². The molecule has 3 heteroatoms. The Morgan fingerprint density at radius 1 is 1.14 bits per heavy atom. The summed E-state index contributed by atoms with van der Waals surface area (Å²) in [4.78, 5) is 2.90. The third kappa shape index (κ3) is 2.91. The van der Waals surface area contributed by atoms with Gasteiger partial charge >= 0.3 is 0 Å². The molecule has 0 aliphatic heterocycles. The van der Waals surface area contributed by atoms with E-state index >= 15 is 0 Å². The Bertz CT molecular complexity index is 712. The first kappa shape index (κ1) is 14.8. The van der Waals surface area contributed by atoms with Crippen LogP contribution in [0.3, 0.4) is 0 Å². The van der Waals surface area contributed by atoms with E-state index in [4.69, 9.17) is 0 Å². The summed E-state index contributed by atoms with van der Waals surface area (Å²) in [6.45, 7) is 6.79. The van der Waals surface area contributed by atoms with Crippen LogP contribution in [0.5, 0.6) is 0 Å². The van der Waals surface area contributed by atoms with Gasteiger partial charge in [0.2, 0.25) is 0 Å². The number of thiophene rings is 2. The van der Waals surface area contributed by atoms with E-state index < -0.39 is 0 Å². The van der Waals surface area contributed by atoms with E-state index in [0.29, 0.717) is 12.1 Å². The van der Waals surface area contributed by atoms with Gasteiger partial charge in [0.25, 0.3) is 0 Å². The van der Waals surface area contributed by atoms with Crippen LogP contribution in [0.15, 0.2) is 41.8 Å². The van der Waals surface area contributed by atoms with Gasteiger partial charge in [-0.1, -0.05) is 31.2 Å². The minimum Gasteiger partial charge on any atom is -0.302 e. The van der Waals surface area contributed by atoms with Crippen molar-refractivity contribution in [3.05, 3.63) is 57.1 Å². The first-order valence-electron chi connectivity index (χ1n) is 7.48. The van der Waals surface area contributed by atoms with Crippen molar-refractivity contribution in [3.8, 4) is 0 Å². The molecule has 110 valence electrons. The number of nitrogens with one attached hydrogen (secondary N) is 1. The zero-order valence-electron chi connectivity index (χ0n) is 12.7. The van der Waals surface area contributed by atoms with E-state index in [1.54, 1.807) is 0 Å². The minimum atomic E-state index is 0.384. The molecule has 0 saturated heterocycles. The second-order valence-electron chi connectivity index (χ2n) is 5.45. The fourth-order valence-electron chi connectivity index (χ4n) is 2.87. The van der Waals surface area contributed by atoms with Crippen LogP contribution in [0, 0.1) is 6.92 Å². The molecule has 3 aromatic rings. The summed E-state index contributed by atoms with van der Waals surface area (Å²) < 4.78 is 1.39. The van der Waals surface area contributed by atoms with Crippen LogP contribution in [0.2, 0.25) is 0 Å². The lowest BCUT2D eigenvalue weighted by Crippen LogP contribution is -2.23. The fraction of sp³-hybridized carbons (Fsp3) is 0.333. The molecule has 21 heavy (non-hydrogen) atoms. The zero-order valence-corrected chi connectivity index (χ0v) is 14.4. The van der Waals surface area contributed by atoms with Crippen molar-refractivity contribution in [3.63, 3.8) is 0 Å². The van der Waals surface area contributed by atoms with Gasteiger partial charge < -0.3 is 5.32 Å². The summed E-state index contributed by atoms with van der Waals surface area (Å²) in [6, 6.07) is 13.9. The van der Waals surface area contributed by atoms with Crippen molar-refractivity contribution in [1.29, 1.82) is 0 Å². The standard InChI is InChI=1S/C18H21NS2/c1-4-15(17-10-7-11-20-17)19-13(3)18-12(2)14-8-5-6-9-16(14)21-18/h5-11,13,15,19H,4H2,1-3H3. The topological polar surface area (TPSA) is 12.0 Å². The van der Waals surface area contributed by atoms with Crippen molar-refractivity contribution >= 4 is 32.8 Å². The molecule has 0 amide bonds. The molecular weight excluding hydrogens is 294 g/mol. The number of fused-ring (bicyclic) bond motifs is 1. The molecule has 2 heterocycles. The summed E-state index contributed by atoms with van der Waals surface area (Å²) in [5.41, 5.74) is 1.43. The van der Waals surface area contributed by atoms with Gasteiger partial charge in [-0.25, -0.2) is 0 Å². The van der Waals surface area contributed by atoms with Gasteiger partial charge in [-0.3, -0.25) is 0 Å². The van der Waals surface area contributed by atoms with Crippen molar-refractivity contribution < 1.29 is 0 Å². The van der Waals surface area contributed by atoms with E-state index in [9.17, 15) is 0 Å². The summed E-state index contributed by atoms with van der Waals surface area (Å²) in [7, 11) is 0. The lowest BCUT2D eigenvalue weighted by Gasteiger charge is -2.21. The molecule has 0 bridgehead atoms. The Kier molecular flexibility index (Phi) is 4.43. The predicted molar refractivity (Wildman–Crippen MR) is 95.5 cm³/mol. The first-order valence-corrected chi connectivity index (χ1v) is 9.17. The molecule has 0 saturated carbocycles. The molecule has 0 aliphatic carbocycles. The Morgan fingerprint density at radius 3 is 2.62 bits per heavy atom. The summed E-state index contributed by atoms with van der Waals surface area (Å²) in [5, 5.41) is 7.37. The van der Waals surface area contributed by atoms with Crippen molar-refractivity contribution in [2.75, 3.05) is 0 Å². The summed E-state index contributed by atoms with van der Waals surface area (Å²) in [6.07, 6.45) is 1.12. The van der Waals surface area contributed by atoms with Crippen molar-refractivity contribution in [2.45, 2.75) is 39.3 Å². The largest absolute Gasteiger partial charge is 0.302 e. The minimum absolute atomic E-state index is 0.384. The summed E-state index contributed by atoms with van der Waals surface area (Å²) in [5.74, 6) is 0. The highest BCUT2D eigenvalue weighted by molar-refractivity contribution is 7.19. The van der Waals surface area contributed by atoms with E-state index in [-0.39, 0.29) is 0 Å². The average molecular weight is 316 g/mol. The van der Waals surface area contributed by atoms with Crippen LogP contribution in [0.1, 0.15) is 47.7 Å². The van der Waals surface area contributed by atoms with Crippen molar-refractivity contribution in [2.24, 2.45) is 0 Å². The second-order valence-corrected chi connectivity index (χ2v) is 7.52. The molecular formula is C18H21NS2. The number of rotatable bonds is 5. The normalized spacial score (nSPS) is 14.4. The van der Waals surface area contributed by atoms with Crippen LogP contribution in [0.25, 0.3) is 10.1 Å². The van der Waals surface area contributed by atoms with E-state index in [2.05, 4.69) is 67.9 Å². The van der Waals surface area contributed by atoms with Crippen LogP contribution < -0.4 is 5.32 Å². The molecule has 1 N–H and O–H groups in total. The van der Waals surface area contributed by atoms with Gasteiger partial charge in [-0.05, 0) is 48.7 Å². The van der Waals surface area contributed by atoms with Gasteiger partial charge in [0.05, 0.1) is 0 Å². The predicted octanol–water partition coefficient (Wildman–Crippen LogP) is 6.07. The number of aryl methyl sites for hydroxylation is 1. The third-order valence-electron chi connectivity index (χ3n) is 4.02. The van der Waals surface area contributed by atoms with Crippen molar-refractivity contribution in [1.82, 2.24) is 5.32 Å². The van der Waals surface area contributed by atoms with Crippen LogP contribution >= 0.6 is 22.7 Å². The highest BCUT2D eigenvalue weighted by Gasteiger charge is 2.18. The molecule has 0 fully saturated rings. The highest BCUT2D eigenvalue weighted by atomic mass is 32.1. The van der Waals surface area contributed by atoms with E-state index in [0.717, 1.165) is 6.42 Å². The van der Waals surface area contributed by atoms with Gasteiger partial charge in [0.15, 0.2) is 0 Å². The molecule has 0 aliphatic rings. The molecule has 0 radical (unpaired) electrons. The van der Waals surface area contributed by atoms with Gasteiger partial charge in [-0.15, -0.1) is 22.7 Å². The monoisotopic (exact) mass is 315 g/mol. The number of hydrogen-bond acceptors (Lipinski definition) is 3. The van der Waals surface area contributed by atoms with Crippen LogP contribution in [-0.2, 0) is 0 Å². The highest BCUT2D eigenvalue weighted by Crippen LogP contribution is 2.36. The molecule has 1 aromatic carbocycles. The SMILES string of the molecule is CCC(NC(C)c1sc2ccccc2c1C)c1cccs1. The first-order chi connectivity index (χ1) is 10.2. The third-order valence-corrected chi connectivity index (χ3v) is 6.46. The lowest BCUT2D eigenvalue weighted by molar-refractivity contribution is 0.465. The molecule has 2 atom stereocenters. The molecule has 2 unspecified atom stereocenters. The maximum absolute atomic E-state index is 3.81. The number of benzene rings is 1. The Balaban J connectivity index is 1.86. The van der Waals surface area contributed by atoms with Crippen LogP contribution in [0.4, 0.5) is 0 Å². The maximum Gasteiger partial charge on any atom is 0.0417 e. The zero-order chi connectivity index (χ0) is 14.8. The average Bonchev–Trinajstić information content (AvgIpc) is 3.13. The second kappa shape index (κ2) is 6.30. The van der Waals surface area contributed by atoms with Gasteiger partial charge in [-0.2, -0.15) is 0 Å². The smallest absolute Gasteiger partial charge is 0.0417 e. The van der Waals surface area contributed by atoms with E-state index in [1.165, 1.54) is 25.4 Å². The molecule has 0 spiro atoms. The number of hydrogen-bond donors (Lipinski definition) is 1. The Labute approximate surface area is 134 Å². The van der Waals surface area contributed by atoms with Gasteiger partial charge in [0, 0.05) is 26.5 Å². The maximum atomic E-state index is 3.81.